The van der Waals surface area contributed by atoms with Crippen LogP contribution in [0, 0.1) is 10.1 Å². The highest BCUT2D eigenvalue weighted by Gasteiger charge is 2.28. The molecule has 0 atom stereocenters. The van der Waals surface area contributed by atoms with Gasteiger partial charge in [-0.25, -0.2) is 0 Å². The monoisotopic (exact) mass is 587 g/mol. The summed E-state index contributed by atoms with van der Waals surface area (Å²) < 4.78 is 68.1. The number of rotatable bonds is 7. The van der Waals surface area contributed by atoms with Gasteiger partial charge in [0.05, 0.1) is 27.4 Å². The molecule has 0 spiro atoms. The summed E-state index contributed by atoms with van der Waals surface area (Å²) in [6, 6.07) is 12.0. The molecular formula is C22H17N7O9S2. The highest BCUT2D eigenvalue weighted by Crippen LogP contribution is 2.48. The van der Waals surface area contributed by atoms with E-state index in [1.54, 1.807) is 0 Å². The number of nitro benzene ring substituents is 1. The molecule has 0 aliphatic rings. The third kappa shape index (κ3) is 5.68. The highest BCUT2D eigenvalue weighted by atomic mass is 32.2. The molecule has 18 heteroatoms. The number of nitrogen functional groups attached to an aromatic ring is 2. The number of azo groups is 2. The predicted octanol–water partition coefficient (Wildman–Crippen LogP) is 4.94. The fraction of sp³-hybridized carbons (Fsp3) is 0. The Balaban J connectivity index is 1.98. The molecule has 0 aliphatic carbocycles. The van der Waals surface area contributed by atoms with E-state index in [4.69, 9.17) is 11.5 Å². The second kappa shape index (κ2) is 10.3. The minimum absolute atomic E-state index is 0.0130. The van der Waals surface area contributed by atoms with Gasteiger partial charge in [0, 0.05) is 17.8 Å². The van der Waals surface area contributed by atoms with Crippen molar-refractivity contribution < 1.29 is 36.0 Å². The predicted molar refractivity (Wildman–Crippen MR) is 142 cm³/mol. The molecule has 4 aromatic rings. The van der Waals surface area contributed by atoms with Crippen LogP contribution in [0.25, 0.3) is 10.8 Å². The zero-order valence-corrected chi connectivity index (χ0v) is 21.4. The SMILES string of the molecule is Nc1ccc(N=Nc2c(S(=O)(=O)O)cc3cc(S(=O)(=O)O)c(N=Nc4ccc([N+](=O)[O-])cc4)c(O)c3c2N)cc1. The van der Waals surface area contributed by atoms with E-state index < -0.39 is 57.8 Å². The zero-order valence-electron chi connectivity index (χ0n) is 19.8. The van der Waals surface area contributed by atoms with E-state index in [0.29, 0.717) is 5.69 Å². The molecule has 0 aromatic heterocycles. The number of anilines is 2. The van der Waals surface area contributed by atoms with Gasteiger partial charge in [-0.1, -0.05) is 0 Å². The molecule has 0 fully saturated rings. The summed E-state index contributed by atoms with van der Waals surface area (Å²) in [4.78, 5) is 8.32. The molecule has 4 rings (SSSR count). The minimum Gasteiger partial charge on any atom is -0.505 e. The first-order chi connectivity index (χ1) is 18.7. The van der Waals surface area contributed by atoms with Gasteiger partial charge in [-0.2, -0.15) is 27.1 Å². The van der Waals surface area contributed by atoms with Crippen LogP contribution in [0.15, 0.2) is 90.9 Å². The van der Waals surface area contributed by atoms with E-state index in [0.717, 1.165) is 24.3 Å². The fourth-order valence-corrected chi connectivity index (χ4v) is 4.83. The first-order valence-corrected chi connectivity index (χ1v) is 13.6. The Kier molecular flexibility index (Phi) is 7.18. The van der Waals surface area contributed by atoms with Crippen LogP contribution in [0.1, 0.15) is 0 Å². The smallest absolute Gasteiger partial charge is 0.296 e. The molecule has 206 valence electrons. The molecule has 0 saturated carbocycles. The molecule has 0 unspecified atom stereocenters. The lowest BCUT2D eigenvalue weighted by Gasteiger charge is -2.14. The number of phenols is 1. The van der Waals surface area contributed by atoms with Crippen LogP contribution < -0.4 is 11.5 Å². The van der Waals surface area contributed by atoms with Gasteiger partial charge in [-0.15, -0.1) is 10.2 Å². The largest absolute Gasteiger partial charge is 0.505 e. The molecule has 40 heavy (non-hydrogen) atoms. The maximum absolute atomic E-state index is 12.1. The van der Waals surface area contributed by atoms with E-state index in [-0.39, 0.29) is 27.8 Å². The van der Waals surface area contributed by atoms with Crippen molar-refractivity contribution in [3.8, 4) is 5.75 Å². The summed E-state index contributed by atoms with van der Waals surface area (Å²) in [6.45, 7) is 0. The van der Waals surface area contributed by atoms with Crippen LogP contribution in [0.5, 0.6) is 5.75 Å². The molecule has 0 aliphatic heterocycles. The number of hydrogen-bond acceptors (Lipinski definition) is 13. The molecule has 4 aromatic carbocycles. The van der Waals surface area contributed by atoms with Crippen molar-refractivity contribution in [3.05, 3.63) is 70.8 Å². The number of hydrogen-bond donors (Lipinski definition) is 5. The number of phenolic OH excluding ortho intramolecular Hbond substituents is 1. The van der Waals surface area contributed by atoms with E-state index >= 15 is 0 Å². The lowest BCUT2D eigenvalue weighted by Crippen LogP contribution is -2.03. The van der Waals surface area contributed by atoms with Crippen LogP contribution >= 0.6 is 0 Å². The molecule has 0 radical (unpaired) electrons. The van der Waals surface area contributed by atoms with Gasteiger partial charge >= 0.3 is 0 Å². The van der Waals surface area contributed by atoms with Gasteiger partial charge in [0.2, 0.25) is 0 Å². The molecule has 0 amide bonds. The van der Waals surface area contributed by atoms with Crippen LogP contribution in [0.3, 0.4) is 0 Å². The number of nitro groups is 1. The number of benzene rings is 4. The first kappa shape index (κ1) is 28.0. The average molecular weight is 588 g/mol. The maximum atomic E-state index is 12.1. The summed E-state index contributed by atoms with van der Waals surface area (Å²) in [5.41, 5.74) is 10.2. The topological polar surface area (TPSA) is 274 Å². The van der Waals surface area contributed by atoms with Crippen molar-refractivity contribution in [2.45, 2.75) is 9.79 Å². The summed E-state index contributed by atoms with van der Waals surface area (Å²) in [5.74, 6) is -0.945. The summed E-state index contributed by atoms with van der Waals surface area (Å²) in [6.07, 6.45) is 0. The normalized spacial score (nSPS) is 12.4. The van der Waals surface area contributed by atoms with Crippen LogP contribution in [-0.2, 0) is 20.2 Å². The average Bonchev–Trinajstić information content (AvgIpc) is 2.87. The molecule has 7 N–H and O–H groups in total. The van der Waals surface area contributed by atoms with Gasteiger partial charge < -0.3 is 16.6 Å². The molecule has 16 nitrogen and oxygen atoms in total. The van der Waals surface area contributed by atoms with Gasteiger partial charge in [-0.05, 0) is 53.9 Å². The van der Waals surface area contributed by atoms with Gasteiger partial charge in [0.15, 0.2) is 5.75 Å². The summed E-state index contributed by atoms with van der Waals surface area (Å²) in [5, 5.41) is 36.3. The van der Waals surface area contributed by atoms with Crippen molar-refractivity contribution >= 4 is 70.8 Å². The van der Waals surface area contributed by atoms with Gasteiger partial charge in [-0.3, -0.25) is 19.2 Å². The number of nitrogens with zero attached hydrogens (tertiary/aromatic N) is 5. The lowest BCUT2D eigenvalue weighted by molar-refractivity contribution is -0.384. The fourth-order valence-electron chi connectivity index (χ4n) is 3.50. The van der Waals surface area contributed by atoms with Crippen molar-refractivity contribution in [3.63, 3.8) is 0 Å². The van der Waals surface area contributed by atoms with E-state index in [9.17, 15) is 41.2 Å². The van der Waals surface area contributed by atoms with Crippen molar-refractivity contribution in [1.82, 2.24) is 0 Å². The molecular weight excluding hydrogens is 570 g/mol. The summed E-state index contributed by atoms with van der Waals surface area (Å²) in [7, 11) is -10.1. The Hall–Kier alpha value is -5.04. The van der Waals surface area contributed by atoms with E-state index in [1.165, 1.54) is 36.4 Å². The summed E-state index contributed by atoms with van der Waals surface area (Å²) >= 11 is 0. The lowest BCUT2D eigenvalue weighted by atomic mass is 10.1. The van der Waals surface area contributed by atoms with E-state index in [1.807, 2.05) is 0 Å². The van der Waals surface area contributed by atoms with E-state index in [2.05, 4.69) is 20.5 Å². The Morgan fingerprint density at radius 2 is 1.18 bits per heavy atom. The van der Waals surface area contributed by atoms with Crippen molar-refractivity contribution in [1.29, 1.82) is 0 Å². The zero-order chi connectivity index (χ0) is 29.4. The quantitative estimate of drug-likeness (QED) is 0.0634. The molecule has 0 saturated heterocycles. The number of fused-ring (bicyclic) bond motifs is 1. The number of non-ortho nitro benzene ring substituents is 1. The molecule has 0 bridgehead atoms. The van der Waals surface area contributed by atoms with Crippen molar-refractivity contribution in [2.75, 3.05) is 11.5 Å². The molecule has 0 heterocycles. The van der Waals surface area contributed by atoms with Crippen molar-refractivity contribution in [2.24, 2.45) is 20.5 Å². The Labute approximate surface area is 225 Å². The highest BCUT2D eigenvalue weighted by molar-refractivity contribution is 7.86. The number of nitrogens with two attached hydrogens (primary N) is 2. The Morgan fingerprint density at radius 3 is 1.65 bits per heavy atom. The Morgan fingerprint density at radius 1 is 0.725 bits per heavy atom. The third-order valence-electron chi connectivity index (χ3n) is 5.35. The first-order valence-electron chi connectivity index (χ1n) is 10.7. The standard InChI is InChI=1S/C22H17N7O9S2/c23-12-1-3-13(4-2-12)25-27-20-16(39(33,34)35)9-11-10-17(40(36,37)38)21(22(30)18(11)19(20)24)28-26-14-5-7-15(8-6-14)29(31)32/h1-10,30H,23-24H2,(H,33,34,35)(H,36,37,38). The van der Waals surface area contributed by atoms with Gasteiger partial charge in [0.25, 0.3) is 25.9 Å². The maximum Gasteiger partial charge on any atom is 0.296 e. The van der Waals surface area contributed by atoms with Gasteiger partial charge in [0.1, 0.15) is 21.2 Å². The Bertz CT molecular complexity index is 1940. The number of aromatic hydroxyl groups is 1. The van der Waals surface area contributed by atoms with Crippen LogP contribution in [-0.4, -0.2) is 36.0 Å². The second-order valence-corrected chi connectivity index (χ2v) is 10.8. The van der Waals surface area contributed by atoms with Crippen LogP contribution in [0.2, 0.25) is 0 Å². The minimum atomic E-state index is -5.10. The second-order valence-electron chi connectivity index (χ2n) is 8.02. The third-order valence-corrected chi connectivity index (χ3v) is 7.09. The van der Waals surface area contributed by atoms with Crippen LogP contribution in [0.4, 0.5) is 39.8 Å².